The van der Waals surface area contributed by atoms with Crippen molar-refractivity contribution in [2.24, 2.45) is 0 Å². The molecule has 1 unspecified atom stereocenters. The van der Waals surface area contributed by atoms with Crippen LogP contribution in [0.5, 0.6) is 11.5 Å². The molecule has 0 aromatic heterocycles. The minimum absolute atomic E-state index is 0.0603. The molecule has 2 nitrogen and oxygen atoms in total. The number of ether oxygens (including phenoxy) is 2. The van der Waals surface area contributed by atoms with Gasteiger partial charge in [0.15, 0.2) is 0 Å². The van der Waals surface area contributed by atoms with Gasteiger partial charge in [-0.15, -0.1) is 0 Å². The van der Waals surface area contributed by atoms with Gasteiger partial charge in [0, 0.05) is 16.5 Å². The quantitative estimate of drug-likeness (QED) is 0.832. The summed E-state index contributed by atoms with van der Waals surface area (Å²) in [5.74, 6) is 1.38. The van der Waals surface area contributed by atoms with Gasteiger partial charge in [0.05, 0.1) is 0 Å². The van der Waals surface area contributed by atoms with Gasteiger partial charge in [-0.2, -0.15) is 0 Å². The summed E-state index contributed by atoms with van der Waals surface area (Å²) in [6.45, 7) is 2.46. The first kappa shape index (κ1) is 13.4. The zero-order valence-corrected chi connectivity index (χ0v) is 12.6. The van der Waals surface area contributed by atoms with E-state index in [1.807, 2.05) is 25.1 Å². The highest BCUT2D eigenvalue weighted by Gasteiger charge is 2.24. The lowest BCUT2D eigenvalue weighted by Crippen LogP contribution is -2.22. The van der Waals surface area contributed by atoms with Gasteiger partial charge in [0.25, 0.3) is 0 Å². The van der Waals surface area contributed by atoms with E-state index < -0.39 is 0 Å². The van der Waals surface area contributed by atoms with Crippen LogP contribution in [0, 0.1) is 12.7 Å². The van der Waals surface area contributed by atoms with E-state index in [9.17, 15) is 4.39 Å². The average molecular weight is 337 g/mol. The third kappa shape index (κ3) is 2.80. The van der Waals surface area contributed by atoms with Crippen molar-refractivity contribution in [1.82, 2.24) is 0 Å². The van der Waals surface area contributed by atoms with Gasteiger partial charge >= 0.3 is 0 Å². The normalized spacial score (nSPS) is 16.6. The molecule has 3 rings (SSSR count). The topological polar surface area (TPSA) is 18.5 Å². The maximum Gasteiger partial charge on any atom is 0.137 e. The fourth-order valence-electron chi connectivity index (χ4n) is 2.34. The standard InChI is InChI=1S/C16H14BrFO2/c1-10-6-12(17)2-4-15(10)19-9-14-8-11-7-13(18)3-5-16(11)20-14/h2-7,14H,8-9H2,1H3. The minimum atomic E-state index is -0.224. The Balaban J connectivity index is 1.63. The Morgan fingerprint density at radius 3 is 2.95 bits per heavy atom. The molecule has 0 saturated heterocycles. The summed E-state index contributed by atoms with van der Waals surface area (Å²) in [5, 5.41) is 0. The predicted molar refractivity (Wildman–Crippen MR) is 78.9 cm³/mol. The molecule has 1 aliphatic heterocycles. The van der Waals surface area contributed by atoms with Crippen molar-refractivity contribution in [3.8, 4) is 11.5 Å². The number of fused-ring (bicyclic) bond motifs is 1. The number of hydrogen-bond acceptors (Lipinski definition) is 2. The van der Waals surface area contributed by atoms with Crippen LogP contribution in [0.15, 0.2) is 40.9 Å². The highest BCUT2D eigenvalue weighted by molar-refractivity contribution is 9.10. The Morgan fingerprint density at radius 2 is 2.15 bits per heavy atom. The lowest BCUT2D eigenvalue weighted by molar-refractivity contribution is 0.148. The van der Waals surface area contributed by atoms with Crippen LogP contribution in [0.1, 0.15) is 11.1 Å². The smallest absolute Gasteiger partial charge is 0.137 e. The molecule has 1 heterocycles. The van der Waals surface area contributed by atoms with Crippen LogP contribution in [0.2, 0.25) is 0 Å². The summed E-state index contributed by atoms with van der Waals surface area (Å²) in [5.41, 5.74) is 1.98. The Morgan fingerprint density at radius 1 is 1.30 bits per heavy atom. The maximum absolute atomic E-state index is 13.1. The van der Waals surface area contributed by atoms with E-state index in [1.54, 1.807) is 6.07 Å². The summed E-state index contributed by atoms with van der Waals surface area (Å²) >= 11 is 3.42. The molecule has 0 spiro atoms. The van der Waals surface area contributed by atoms with Crippen molar-refractivity contribution in [2.45, 2.75) is 19.4 Å². The monoisotopic (exact) mass is 336 g/mol. The lowest BCUT2D eigenvalue weighted by atomic mass is 10.1. The molecule has 0 fully saturated rings. The van der Waals surface area contributed by atoms with Crippen LogP contribution in [0.4, 0.5) is 4.39 Å². The average Bonchev–Trinajstić information content (AvgIpc) is 2.79. The first-order valence-corrected chi connectivity index (χ1v) is 7.25. The molecule has 104 valence electrons. The fourth-order valence-corrected chi connectivity index (χ4v) is 2.81. The Kier molecular flexibility index (Phi) is 3.66. The maximum atomic E-state index is 13.1. The van der Waals surface area contributed by atoms with Crippen molar-refractivity contribution in [1.29, 1.82) is 0 Å². The highest BCUT2D eigenvalue weighted by Crippen LogP contribution is 2.30. The minimum Gasteiger partial charge on any atom is -0.489 e. The predicted octanol–water partition coefficient (Wildman–Crippen LogP) is 4.28. The van der Waals surface area contributed by atoms with E-state index in [2.05, 4.69) is 15.9 Å². The Labute approximate surface area is 125 Å². The number of aryl methyl sites for hydroxylation is 1. The van der Waals surface area contributed by atoms with Crippen LogP contribution >= 0.6 is 15.9 Å². The van der Waals surface area contributed by atoms with Crippen molar-refractivity contribution in [2.75, 3.05) is 6.61 Å². The van der Waals surface area contributed by atoms with Crippen molar-refractivity contribution >= 4 is 15.9 Å². The second-order valence-corrected chi connectivity index (χ2v) is 5.83. The summed E-state index contributed by atoms with van der Waals surface area (Å²) < 4.78 is 25.7. The van der Waals surface area contributed by atoms with Gasteiger partial charge in [-0.3, -0.25) is 0 Å². The van der Waals surface area contributed by atoms with Gasteiger partial charge in [-0.25, -0.2) is 4.39 Å². The molecule has 0 radical (unpaired) electrons. The van der Waals surface area contributed by atoms with Crippen LogP contribution in [-0.2, 0) is 6.42 Å². The largest absolute Gasteiger partial charge is 0.489 e. The van der Waals surface area contributed by atoms with Crippen LogP contribution in [0.3, 0.4) is 0 Å². The first-order valence-electron chi connectivity index (χ1n) is 6.46. The summed E-state index contributed by atoms with van der Waals surface area (Å²) in [6.07, 6.45) is 0.623. The molecule has 20 heavy (non-hydrogen) atoms. The van der Waals surface area contributed by atoms with Gasteiger partial charge in [0.1, 0.15) is 30.0 Å². The third-order valence-corrected chi connectivity index (χ3v) is 3.82. The first-order chi connectivity index (χ1) is 9.61. The third-order valence-electron chi connectivity index (χ3n) is 3.33. The van der Waals surface area contributed by atoms with Gasteiger partial charge in [-0.1, -0.05) is 15.9 Å². The van der Waals surface area contributed by atoms with Crippen LogP contribution < -0.4 is 9.47 Å². The number of benzene rings is 2. The molecule has 0 amide bonds. The van der Waals surface area contributed by atoms with E-state index in [0.29, 0.717) is 13.0 Å². The van der Waals surface area contributed by atoms with Crippen molar-refractivity contribution in [3.05, 3.63) is 57.8 Å². The van der Waals surface area contributed by atoms with Gasteiger partial charge in [0.2, 0.25) is 0 Å². The molecular weight excluding hydrogens is 323 g/mol. The molecule has 0 bridgehead atoms. The second kappa shape index (κ2) is 5.44. The van der Waals surface area contributed by atoms with E-state index >= 15 is 0 Å². The van der Waals surface area contributed by atoms with E-state index in [0.717, 1.165) is 27.1 Å². The Bertz CT molecular complexity index is 642. The molecule has 0 saturated carbocycles. The SMILES string of the molecule is Cc1cc(Br)ccc1OCC1Cc2cc(F)ccc2O1. The Hall–Kier alpha value is -1.55. The van der Waals surface area contributed by atoms with Crippen LogP contribution in [-0.4, -0.2) is 12.7 Å². The summed E-state index contributed by atoms with van der Waals surface area (Å²) in [7, 11) is 0. The number of halogens is 2. The van der Waals surface area contributed by atoms with Gasteiger partial charge < -0.3 is 9.47 Å². The molecule has 4 heteroatoms. The molecule has 1 atom stereocenters. The molecule has 1 aliphatic rings. The van der Waals surface area contributed by atoms with Gasteiger partial charge in [-0.05, 0) is 48.9 Å². The number of rotatable bonds is 3. The van der Waals surface area contributed by atoms with Crippen LogP contribution in [0.25, 0.3) is 0 Å². The van der Waals surface area contributed by atoms with E-state index in [-0.39, 0.29) is 11.9 Å². The lowest BCUT2D eigenvalue weighted by Gasteiger charge is -2.14. The number of hydrogen-bond donors (Lipinski definition) is 0. The highest BCUT2D eigenvalue weighted by atomic mass is 79.9. The zero-order valence-electron chi connectivity index (χ0n) is 11.0. The summed E-state index contributed by atoms with van der Waals surface area (Å²) in [4.78, 5) is 0. The molecule has 0 N–H and O–H groups in total. The zero-order chi connectivity index (χ0) is 14.1. The molecule has 2 aromatic carbocycles. The fraction of sp³-hybridized carbons (Fsp3) is 0.250. The van der Waals surface area contributed by atoms with Crippen molar-refractivity contribution in [3.63, 3.8) is 0 Å². The molecule has 0 aliphatic carbocycles. The van der Waals surface area contributed by atoms with E-state index in [1.165, 1.54) is 12.1 Å². The molecule has 2 aromatic rings. The van der Waals surface area contributed by atoms with Crippen molar-refractivity contribution < 1.29 is 13.9 Å². The molecular formula is C16H14BrFO2. The summed E-state index contributed by atoms with van der Waals surface area (Å²) in [6, 6.07) is 10.5. The van der Waals surface area contributed by atoms with E-state index in [4.69, 9.17) is 9.47 Å². The second-order valence-electron chi connectivity index (χ2n) is 4.92.